The largest absolute Gasteiger partial charge is 0.459 e. The zero-order chi connectivity index (χ0) is 22.3. The molecule has 9 heteroatoms. The van der Waals surface area contributed by atoms with Crippen molar-refractivity contribution in [2.75, 3.05) is 13.1 Å². The Morgan fingerprint density at radius 1 is 1.16 bits per heavy atom. The summed E-state index contributed by atoms with van der Waals surface area (Å²) in [6.45, 7) is 8.35. The van der Waals surface area contributed by atoms with Crippen molar-refractivity contribution in [3.05, 3.63) is 33.4 Å². The van der Waals surface area contributed by atoms with Gasteiger partial charge in [-0.2, -0.15) is 5.10 Å². The van der Waals surface area contributed by atoms with Crippen molar-refractivity contribution in [1.82, 2.24) is 19.5 Å². The summed E-state index contributed by atoms with van der Waals surface area (Å²) in [6, 6.07) is 1.54. The summed E-state index contributed by atoms with van der Waals surface area (Å²) in [5.41, 5.74) is 1.14. The summed E-state index contributed by atoms with van der Waals surface area (Å²) < 4.78 is 12.7. The van der Waals surface area contributed by atoms with Gasteiger partial charge in [0.25, 0.3) is 5.56 Å². The van der Waals surface area contributed by atoms with E-state index in [4.69, 9.17) is 9.47 Å². The van der Waals surface area contributed by atoms with Crippen molar-refractivity contribution >= 4 is 17.7 Å². The van der Waals surface area contributed by atoms with Crippen LogP contribution in [-0.2, 0) is 9.47 Å². The van der Waals surface area contributed by atoms with Crippen LogP contribution in [0.2, 0.25) is 0 Å². The highest BCUT2D eigenvalue weighted by atomic mass is 16.6. The molecule has 1 N–H and O–H groups in total. The number of hydrogen-bond acceptors (Lipinski definition) is 6. The van der Waals surface area contributed by atoms with Crippen molar-refractivity contribution in [3.63, 3.8) is 0 Å². The van der Waals surface area contributed by atoms with E-state index >= 15 is 0 Å². The van der Waals surface area contributed by atoms with Gasteiger partial charge in [-0.05, 0) is 59.8 Å². The van der Waals surface area contributed by atoms with Crippen LogP contribution in [0.4, 0.5) is 4.79 Å². The van der Waals surface area contributed by atoms with E-state index in [0.29, 0.717) is 42.8 Å². The molecule has 3 heterocycles. The highest BCUT2D eigenvalue weighted by Gasteiger charge is 2.31. The van der Waals surface area contributed by atoms with Crippen LogP contribution in [0.5, 0.6) is 0 Å². The number of amides is 1. The molecule has 9 nitrogen and oxygen atoms in total. The van der Waals surface area contributed by atoms with E-state index in [1.165, 1.54) is 6.07 Å². The van der Waals surface area contributed by atoms with Crippen molar-refractivity contribution in [2.24, 2.45) is 0 Å². The minimum absolute atomic E-state index is 0.0401. The third kappa shape index (κ3) is 4.45. The molecule has 1 saturated carbocycles. The van der Waals surface area contributed by atoms with Crippen molar-refractivity contribution in [1.29, 1.82) is 0 Å². The standard InChI is InChI=1S/C22H30N4O5/c1-13-18(20(28)30-15-6-5-7-15)19-23-17(27)12-16(26(19)24-13)14-8-10-25(11-9-14)21(29)31-22(2,3)4/h12,14-15H,5-11H2,1-4H3,(H,23,27). The zero-order valence-electron chi connectivity index (χ0n) is 18.6. The van der Waals surface area contributed by atoms with Gasteiger partial charge in [-0.1, -0.05) is 0 Å². The monoisotopic (exact) mass is 430 g/mol. The van der Waals surface area contributed by atoms with Crippen LogP contribution in [0, 0.1) is 6.92 Å². The number of ether oxygens (including phenoxy) is 2. The number of piperidine rings is 1. The van der Waals surface area contributed by atoms with E-state index < -0.39 is 11.6 Å². The van der Waals surface area contributed by atoms with Crippen molar-refractivity contribution in [3.8, 4) is 0 Å². The van der Waals surface area contributed by atoms with E-state index in [9.17, 15) is 14.4 Å². The van der Waals surface area contributed by atoms with Crippen LogP contribution < -0.4 is 5.56 Å². The molecule has 2 aliphatic rings. The van der Waals surface area contributed by atoms with Crippen molar-refractivity contribution < 1.29 is 19.1 Å². The average molecular weight is 431 g/mol. The number of H-pyrrole nitrogens is 1. The van der Waals surface area contributed by atoms with Gasteiger partial charge in [-0.3, -0.25) is 4.79 Å². The van der Waals surface area contributed by atoms with Gasteiger partial charge in [0.05, 0.1) is 11.4 Å². The van der Waals surface area contributed by atoms with Crippen LogP contribution in [0.15, 0.2) is 10.9 Å². The van der Waals surface area contributed by atoms with Gasteiger partial charge in [0.15, 0.2) is 5.65 Å². The Labute approximate surface area is 180 Å². The van der Waals surface area contributed by atoms with Gasteiger partial charge in [0, 0.05) is 25.1 Å². The Morgan fingerprint density at radius 2 is 1.84 bits per heavy atom. The van der Waals surface area contributed by atoms with Gasteiger partial charge in [0.2, 0.25) is 0 Å². The minimum Gasteiger partial charge on any atom is -0.459 e. The summed E-state index contributed by atoms with van der Waals surface area (Å²) in [5.74, 6) is -0.400. The number of fused-ring (bicyclic) bond motifs is 1. The molecule has 1 aliphatic carbocycles. The van der Waals surface area contributed by atoms with Crippen LogP contribution in [-0.4, -0.2) is 56.4 Å². The van der Waals surface area contributed by atoms with E-state index in [1.807, 2.05) is 20.8 Å². The molecule has 168 valence electrons. The number of rotatable bonds is 3. The Bertz CT molecular complexity index is 1050. The number of carbonyl (C=O) groups is 2. The fourth-order valence-electron chi connectivity index (χ4n) is 4.10. The smallest absolute Gasteiger partial charge is 0.410 e. The molecule has 0 unspecified atom stereocenters. The molecule has 2 fully saturated rings. The van der Waals surface area contributed by atoms with E-state index in [0.717, 1.165) is 25.0 Å². The second-order valence-electron chi connectivity index (χ2n) is 9.48. The quantitative estimate of drug-likeness (QED) is 0.750. The first kappa shape index (κ1) is 21.4. The molecule has 0 atom stereocenters. The fourth-order valence-corrected chi connectivity index (χ4v) is 4.10. The first-order valence-corrected chi connectivity index (χ1v) is 10.9. The molecule has 0 radical (unpaired) electrons. The Hall–Kier alpha value is -2.84. The van der Waals surface area contributed by atoms with E-state index in [-0.39, 0.29) is 23.7 Å². The predicted octanol–water partition coefficient (Wildman–Crippen LogP) is 3.15. The lowest BCUT2D eigenvalue weighted by atomic mass is 9.93. The van der Waals surface area contributed by atoms with Crippen LogP contribution in [0.3, 0.4) is 0 Å². The van der Waals surface area contributed by atoms with E-state index in [2.05, 4.69) is 10.1 Å². The highest BCUT2D eigenvalue weighted by molar-refractivity contribution is 5.97. The molecule has 0 spiro atoms. The van der Waals surface area contributed by atoms with Gasteiger partial charge in [0.1, 0.15) is 17.3 Å². The molecule has 4 rings (SSSR count). The molecule has 0 bridgehead atoms. The summed E-state index contributed by atoms with van der Waals surface area (Å²) >= 11 is 0. The number of aromatic nitrogens is 3. The molecule has 2 aromatic heterocycles. The molecule has 1 aliphatic heterocycles. The van der Waals surface area contributed by atoms with E-state index in [1.54, 1.807) is 16.3 Å². The number of aryl methyl sites for hydroxylation is 1. The van der Waals surface area contributed by atoms with Gasteiger partial charge >= 0.3 is 12.1 Å². The summed E-state index contributed by atoms with van der Waals surface area (Å²) in [4.78, 5) is 41.9. The number of carbonyl (C=O) groups excluding carboxylic acids is 2. The normalized spacial score (nSPS) is 18.1. The Morgan fingerprint density at radius 3 is 2.42 bits per heavy atom. The maximum atomic E-state index is 12.7. The lowest BCUT2D eigenvalue weighted by Gasteiger charge is -2.33. The molecule has 1 amide bonds. The first-order chi connectivity index (χ1) is 14.6. The Balaban J connectivity index is 1.56. The molecule has 0 aromatic carbocycles. The third-order valence-electron chi connectivity index (χ3n) is 5.92. The maximum Gasteiger partial charge on any atom is 0.410 e. The molecule has 31 heavy (non-hydrogen) atoms. The molecular weight excluding hydrogens is 400 g/mol. The van der Waals surface area contributed by atoms with Gasteiger partial charge in [-0.15, -0.1) is 0 Å². The second kappa shape index (κ2) is 8.01. The predicted molar refractivity (Wildman–Crippen MR) is 113 cm³/mol. The maximum absolute atomic E-state index is 12.7. The molecule has 1 saturated heterocycles. The van der Waals surface area contributed by atoms with Crippen LogP contribution >= 0.6 is 0 Å². The van der Waals surface area contributed by atoms with Crippen LogP contribution in [0.1, 0.15) is 80.5 Å². The highest BCUT2D eigenvalue weighted by Crippen LogP contribution is 2.30. The number of likely N-dealkylation sites (tertiary alicyclic amines) is 1. The van der Waals surface area contributed by atoms with Crippen LogP contribution in [0.25, 0.3) is 5.65 Å². The average Bonchev–Trinajstić information content (AvgIpc) is 2.98. The number of nitrogens with one attached hydrogen (secondary N) is 1. The lowest BCUT2D eigenvalue weighted by molar-refractivity contribution is 0.00903. The summed E-state index contributed by atoms with van der Waals surface area (Å²) in [5, 5.41) is 4.54. The van der Waals surface area contributed by atoms with Gasteiger partial charge in [-0.25, -0.2) is 14.1 Å². The molecular formula is C22H30N4O5. The van der Waals surface area contributed by atoms with Crippen molar-refractivity contribution in [2.45, 2.75) is 77.4 Å². The Kier molecular flexibility index (Phi) is 5.53. The first-order valence-electron chi connectivity index (χ1n) is 10.9. The number of esters is 1. The molecule has 2 aromatic rings. The fraction of sp³-hybridized carbons (Fsp3) is 0.636. The second-order valence-corrected chi connectivity index (χ2v) is 9.48. The topological polar surface area (TPSA) is 106 Å². The summed E-state index contributed by atoms with van der Waals surface area (Å²) in [6.07, 6.45) is 3.81. The number of aromatic amines is 1. The number of nitrogens with zero attached hydrogens (tertiary/aromatic N) is 3. The SMILES string of the molecule is Cc1nn2c(C3CCN(C(=O)OC(C)(C)C)CC3)cc(=O)[nH]c2c1C(=O)OC1CCC1. The lowest BCUT2D eigenvalue weighted by Crippen LogP contribution is -2.41. The number of hydrogen-bond donors (Lipinski definition) is 1. The third-order valence-corrected chi connectivity index (χ3v) is 5.92. The zero-order valence-corrected chi connectivity index (χ0v) is 18.6. The summed E-state index contributed by atoms with van der Waals surface area (Å²) in [7, 11) is 0. The van der Waals surface area contributed by atoms with Gasteiger partial charge < -0.3 is 19.4 Å². The minimum atomic E-state index is -0.538.